The molecule has 3 aromatic rings. The third-order valence-corrected chi connectivity index (χ3v) is 5.81. The summed E-state index contributed by atoms with van der Waals surface area (Å²) in [5, 5.41) is 0. The number of aromatic nitrogens is 2. The molecule has 0 bridgehead atoms. The van der Waals surface area contributed by atoms with Gasteiger partial charge in [0, 0.05) is 12.9 Å². The molecule has 1 amide bonds. The van der Waals surface area contributed by atoms with Gasteiger partial charge in [-0.25, -0.2) is 4.79 Å². The summed E-state index contributed by atoms with van der Waals surface area (Å²) in [6.07, 6.45) is 0. The lowest BCUT2D eigenvalue weighted by molar-refractivity contribution is -0.116. The molecular formula is C23H26N4O4S. The number of nitrogens with two attached hydrogens (primary N) is 1. The monoisotopic (exact) mass is 454 g/mol. The number of carbonyl (C=O) groups excluding carboxylic acids is 1. The van der Waals surface area contributed by atoms with Crippen LogP contribution in [0, 0.1) is 0 Å². The number of anilines is 2. The van der Waals surface area contributed by atoms with E-state index in [2.05, 4.69) is 4.98 Å². The zero-order chi connectivity index (χ0) is 22.9. The van der Waals surface area contributed by atoms with E-state index in [4.69, 9.17) is 10.5 Å². The molecule has 0 spiro atoms. The first-order valence-electron chi connectivity index (χ1n) is 10.1. The van der Waals surface area contributed by atoms with Gasteiger partial charge in [0.2, 0.25) is 5.91 Å². The number of methoxy groups -OCH3 is 1. The van der Waals surface area contributed by atoms with Crippen LogP contribution >= 0.6 is 11.8 Å². The molecule has 0 fully saturated rings. The second-order valence-corrected chi connectivity index (χ2v) is 8.07. The van der Waals surface area contributed by atoms with Crippen LogP contribution < -0.4 is 21.9 Å². The lowest BCUT2D eigenvalue weighted by Gasteiger charge is -2.24. The van der Waals surface area contributed by atoms with E-state index in [-0.39, 0.29) is 42.9 Å². The average molecular weight is 455 g/mol. The van der Waals surface area contributed by atoms with Gasteiger partial charge < -0.3 is 10.5 Å². The van der Waals surface area contributed by atoms with Crippen LogP contribution in [0.15, 0.2) is 70.3 Å². The maximum Gasteiger partial charge on any atom is 0.330 e. The minimum absolute atomic E-state index is 0.0325. The molecule has 2 aromatic carbocycles. The van der Waals surface area contributed by atoms with Gasteiger partial charge in [0.25, 0.3) is 5.56 Å². The Kier molecular flexibility index (Phi) is 8.29. The number of nitrogen functional groups attached to an aromatic ring is 1. The number of thioether (sulfide) groups is 1. The Hall–Kier alpha value is -3.30. The number of carbonyl (C=O) groups is 1. The van der Waals surface area contributed by atoms with Gasteiger partial charge in [-0.3, -0.25) is 24.0 Å². The molecule has 0 saturated carbocycles. The molecule has 168 valence electrons. The molecule has 3 N–H and O–H groups in total. The fraction of sp³-hybridized carbons (Fsp3) is 0.261. The second kappa shape index (κ2) is 11.4. The van der Waals surface area contributed by atoms with Gasteiger partial charge in [-0.1, -0.05) is 60.7 Å². The fourth-order valence-corrected chi connectivity index (χ4v) is 4.07. The van der Waals surface area contributed by atoms with Crippen molar-refractivity contribution in [1.29, 1.82) is 0 Å². The number of aromatic amines is 1. The Morgan fingerprint density at radius 3 is 2.31 bits per heavy atom. The molecular weight excluding hydrogens is 428 g/mol. The predicted molar refractivity (Wildman–Crippen MR) is 128 cm³/mol. The second-order valence-electron chi connectivity index (χ2n) is 7.08. The number of benzene rings is 2. The number of ether oxygens (including phenoxy) is 1. The summed E-state index contributed by atoms with van der Waals surface area (Å²) >= 11 is 1.45. The van der Waals surface area contributed by atoms with Crippen LogP contribution in [0.1, 0.15) is 11.1 Å². The first-order chi connectivity index (χ1) is 15.5. The van der Waals surface area contributed by atoms with Crippen molar-refractivity contribution < 1.29 is 9.53 Å². The lowest BCUT2D eigenvalue weighted by atomic mass is 10.2. The molecule has 0 aliphatic rings. The summed E-state index contributed by atoms with van der Waals surface area (Å²) in [5.74, 6) is 0.472. The van der Waals surface area contributed by atoms with E-state index in [1.54, 1.807) is 0 Å². The average Bonchev–Trinajstić information content (AvgIpc) is 2.79. The Bertz CT molecular complexity index is 1150. The summed E-state index contributed by atoms with van der Waals surface area (Å²) in [4.78, 5) is 41.9. The molecule has 32 heavy (non-hydrogen) atoms. The maximum absolute atomic E-state index is 13.2. The molecule has 1 heterocycles. The van der Waals surface area contributed by atoms with E-state index < -0.39 is 11.2 Å². The standard InChI is InChI=1S/C23H26N4O4S/c1-31-13-12-26-21(24)20(22(29)25-23(26)30)27(14-17-8-4-2-5-9-17)19(28)16-32-15-18-10-6-3-7-11-18/h2-11H,12-16,24H2,1H3,(H,25,29,30). The van der Waals surface area contributed by atoms with Gasteiger partial charge in [-0.2, -0.15) is 0 Å². The highest BCUT2D eigenvalue weighted by Gasteiger charge is 2.24. The van der Waals surface area contributed by atoms with Gasteiger partial charge in [0.15, 0.2) is 5.69 Å². The number of rotatable bonds is 10. The molecule has 0 atom stereocenters. The van der Waals surface area contributed by atoms with Crippen molar-refractivity contribution in [3.63, 3.8) is 0 Å². The molecule has 9 heteroatoms. The maximum atomic E-state index is 13.2. The first-order valence-corrected chi connectivity index (χ1v) is 11.2. The van der Waals surface area contributed by atoms with Crippen molar-refractivity contribution in [1.82, 2.24) is 9.55 Å². The van der Waals surface area contributed by atoms with E-state index in [1.807, 2.05) is 60.7 Å². The summed E-state index contributed by atoms with van der Waals surface area (Å²) in [7, 11) is 1.50. The lowest BCUT2D eigenvalue weighted by Crippen LogP contribution is -2.41. The molecule has 0 aliphatic carbocycles. The first kappa shape index (κ1) is 23.4. The van der Waals surface area contributed by atoms with E-state index in [0.717, 1.165) is 11.1 Å². The Morgan fingerprint density at radius 2 is 1.69 bits per heavy atom. The van der Waals surface area contributed by atoms with Crippen LogP contribution in [0.3, 0.4) is 0 Å². The van der Waals surface area contributed by atoms with E-state index in [1.165, 1.54) is 28.3 Å². The van der Waals surface area contributed by atoms with Crippen molar-refractivity contribution in [3.8, 4) is 0 Å². The predicted octanol–water partition coefficient (Wildman–Crippen LogP) is 2.23. The SMILES string of the molecule is COCCn1c(N)c(N(Cc2ccccc2)C(=O)CSCc2ccccc2)c(=O)[nH]c1=O. The van der Waals surface area contributed by atoms with Gasteiger partial charge in [-0.05, 0) is 11.1 Å². The third-order valence-electron chi connectivity index (χ3n) is 4.82. The van der Waals surface area contributed by atoms with Crippen molar-refractivity contribution in [2.45, 2.75) is 18.8 Å². The molecule has 0 saturated heterocycles. The Balaban J connectivity index is 1.91. The molecule has 3 rings (SSSR count). The number of amides is 1. The van der Waals surface area contributed by atoms with Crippen LogP contribution in [0.2, 0.25) is 0 Å². The van der Waals surface area contributed by atoms with Crippen LogP contribution in [0.5, 0.6) is 0 Å². The number of hydrogen-bond donors (Lipinski definition) is 2. The van der Waals surface area contributed by atoms with Crippen molar-refractivity contribution >= 4 is 29.2 Å². The number of nitrogens with zero attached hydrogens (tertiary/aromatic N) is 2. The number of H-pyrrole nitrogens is 1. The highest BCUT2D eigenvalue weighted by Crippen LogP contribution is 2.22. The zero-order valence-electron chi connectivity index (χ0n) is 17.8. The van der Waals surface area contributed by atoms with E-state index >= 15 is 0 Å². The summed E-state index contributed by atoms with van der Waals surface area (Å²) < 4.78 is 6.24. The third kappa shape index (κ3) is 5.89. The fourth-order valence-electron chi connectivity index (χ4n) is 3.21. The Morgan fingerprint density at radius 1 is 1.06 bits per heavy atom. The van der Waals surface area contributed by atoms with Crippen molar-refractivity contribution in [3.05, 3.63) is 92.6 Å². The molecule has 0 unspecified atom stereocenters. The van der Waals surface area contributed by atoms with Crippen LogP contribution in [-0.2, 0) is 28.4 Å². The van der Waals surface area contributed by atoms with Crippen LogP contribution in [-0.4, -0.2) is 34.9 Å². The van der Waals surface area contributed by atoms with Crippen LogP contribution in [0.25, 0.3) is 0 Å². The normalized spacial score (nSPS) is 10.8. The summed E-state index contributed by atoms with van der Waals surface area (Å²) in [5.41, 5.74) is 6.79. The smallest absolute Gasteiger partial charge is 0.330 e. The zero-order valence-corrected chi connectivity index (χ0v) is 18.6. The summed E-state index contributed by atoms with van der Waals surface area (Å²) in [6, 6.07) is 19.1. The van der Waals surface area contributed by atoms with Crippen LogP contribution in [0.4, 0.5) is 11.5 Å². The number of nitrogens with one attached hydrogen (secondary N) is 1. The number of hydrogen-bond acceptors (Lipinski definition) is 6. The molecule has 8 nitrogen and oxygen atoms in total. The minimum Gasteiger partial charge on any atom is -0.383 e. The molecule has 0 aliphatic heterocycles. The minimum atomic E-state index is -0.696. The van der Waals surface area contributed by atoms with Crippen molar-refractivity contribution in [2.75, 3.05) is 30.1 Å². The highest BCUT2D eigenvalue weighted by atomic mass is 32.2. The largest absolute Gasteiger partial charge is 0.383 e. The topological polar surface area (TPSA) is 110 Å². The van der Waals surface area contributed by atoms with E-state index in [9.17, 15) is 14.4 Å². The van der Waals surface area contributed by atoms with Gasteiger partial charge >= 0.3 is 5.69 Å². The van der Waals surface area contributed by atoms with Crippen molar-refractivity contribution in [2.24, 2.45) is 0 Å². The highest BCUT2D eigenvalue weighted by molar-refractivity contribution is 7.99. The van der Waals surface area contributed by atoms with Gasteiger partial charge in [-0.15, -0.1) is 11.8 Å². The van der Waals surface area contributed by atoms with Gasteiger partial charge in [0.05, 0.1) is 25.4 Å². The Labute approximate surface area is 190 Å². The van der Waals surface area contributed by atoms with Gasteiger partial charge in [0.1, 0.15) is 5.82 Å². The molecule has 0 radical (unpaired) electrons. The summed E-state index contributed by atoms with van der Waals surface area (Å²) in [6.45, 7) is 0.539. The van der Waals surface area contributed by atoms with E-state index in [0.29, 0.717) is 5.75 Å². The quantitative estimate of drug-likeness (QED) is 0.486. The molecule has 1 aromatic heterocycles.